The summed E-state index contributed by atoms with van der Waals surface area (Å²) in [6, 6.07) is 3.68. The molecular formula is C17H13BrN4O2. The molecule has 2 aromatic rings. The standard InChI is InChI=1S/C17H13BrN4O2/c1-11(23-3)4-5-12(2)24-17-15(18)10-21-16(22-17)14-6-13(7-19)8-20-9-14/h4-6,8-10H,1-2H2,3H3/b5-4-. The second-order valence-electron chi connectivity index (χ2n) is 4.49. The van der Waals surface area contributed by atoms with Crippen molar-refractivity contribution in [2.24, 2.45) is 0 Å². The molecule has 0 aliphatic rings. The number of hydrogen-bond acceptors (Lipinski definition) is 6. The van der Waals surface area contributed by atoms with Crippen molar-refractivity contribution in [1.29, 1.82) is 5.26 Å². The lowest BCUT2D eigenvalue weighted by atomic mass is 10.2. The normalized spacial score (nSPS) is 10.2. The topological polar surface area (TPSA) is 80.9 Å². The van der Waals surface area contributed by atoms with E-state index in [2.05, 4.69) is 44.0 Å². The number of pyridine rings is 1. The van der Waals surface area contributed by atoms with E-state index in [1.54, 1.807) is 30.6 Å². The van der Waals surface area contributed by atoms with Crippen LogP contribution in [0.25, 0.3) is 11.4 Å². The van der Waals surface area contributed by atoms with Crippen molar-refractivity contribution in [3.8, 4) is 23.3 Å². The van der Waals surface area contributed by atoms with Crippen molar-refractivity contribution < 1.29 is 9.47 Å². The molecule has 0 aliphatic heterocycles. The predicted octanol–water partition coefficient (Wildman–Crippen LogP) is 3.78. The van der Waals surface area contributed by atoms with Crippen LogP contribution in [0.1, 0.15) is 5.56 Å². The summed E-state index contributed by atoms with van der Waals surface area (Å²) in [6.45, 7) is 7.45. The number of ether oxygens (including phenoxy) is 2. The molecule has 0 amide bonds. The lowest BCUT2D eigenvalue weighted by molar-refractivity contribution is 0.308. The average molecular weight is 385 g/mol. The molecule has 7 heteroatoms. The largest absolute Gasteiger partial charge is 0.497 e. The Kier molecular flexibility index (Phi) is 5.82. The molecule has 0 atom stereocenters. The third-order valence-electron chi connectivity index (χ3n) is 2.78. The second kappa shape index (κ2) is 8.04. The van der Waals surface area contributed by atoms with Gasteiger partial charge in [0.25, 0.3) is 0 Å². The van der Waals surface area contributed by atoms with E-state index in [9.17, 15) is 0 Å². The Labute approximate surface area is 147 Å². The van der Waals surface area contributed by atoms with Gasteiger partial charge in [0.05, 0.1) is 17.1 Å². The van der Waals surface area contributed by atoms with E-state index < -0.39 is 0 Å². The molecule has 2 heterocycles. The molecule has 0 unspecified atom stereocenters. The highest BCUT2D eigenvalue weighted by atomic mass is 79.9. The van der Waals surface area contributed by atoms with Gasteiger partial charge >= 0.3 is 0 Å². The molecule has 0 saturated heterocycles. The smallest absolute Gasteiger partial charge is 0.237 e. The molecule has 6 nitrogen and oxygen atoms in total. The van der Waals surface area contributed by atoms with Crippen molar-refractivity contribution >= 4 is 15.9 Å². The number of methoxy groups -OCH3 is 1. The van der Waals surface area contributed by atoms with Crippen molar-refractivity contribution in [2.75, 3.05) is 7.11 Å². The summed E-state index contributed by atoms with van der Waals surface area (Å²) in [6.07, 6.45) is 7.83. The molecule has 0 saturated carbocycles. The Bertz CT molecular complexity index is 856. The number of hydrogen-bond donors (Lipinski definition) is 0. The summed E-state index contributed by atoms with van der Waals surface area (Å²) < 4.78 is 11.1. The Morgan fingerprint density at radius 2 is 2.00 bits per heavy atom. The van der Waals surface area contributed by atoms with Crippen LogP contribution in [-0.4, -0.2) is 22.1 Å². The molecule has 0 bridgehead atoms. The van der Waals surface area contributed by atoms with Gasteiger partial charge in [0.15, 0.2) is 5.82 Å². The predicted molar refractivity (Wildman–Crippen MR) is 92.7 cm³/mol. The van der Waals surface area contributed by atoms with Gasteiger partial charge < -0.3 is 9.47 Å². The maximum absolute atomic E-state index is 8.95. The maximum Gasteiger partial charge on any atom is 0.237 e. The minimum Gasteiger partial charge on any atom is -0.497 e. The molecule has 0 fully saturated rings. The first-order valence-electron chi connectivity index (χ1n) is 6.69. The lowest BCUT2D eigenvalue weighted by Crippen LogP contribution is -1.98. The van der Waals surface area contributed by atoms with Crippen molar-refractivity contribution in [3.63, 3.8) is 0 Å². The van der Waals surface area contributed by atoms with E-state index in [1.807, 2.05) is 6.07 Å². The van der Waals surface area contributed by atoms with Crippen LogP contribution >= 0.6 is 15.9 Å². The van der Waals surface area contributed by atoms with Crippen molar-refractivity contribution in [2.45, 2.75) is 0 Å². The van der Waals surface area contributed by atoms with Gasteiger partial charge in [-0.25, -0.2) is 4.98 Å². The van der Waals surface area contributed by atoms with Crippen LogP contribution in [0.15, 0.2) is 66.0 Å². The van der Waals surface area contributed by atoms with Gasteiger partial charge in [-0.2, -0.15) is 10.2 Å². The zero-order chi connectivity index (χ0) is 17.5. The average Bonchev–Trinajstić information content (AvgIpc) is 2.61. The third-order valence-corrected chi connectivity index (χ3v) is 3.33. The zero-order valence-electron chi connectivity index (χ0n) is 12.9. The number of rotatable bonds is 6. The summed E-state index contributed by atoms with van der Waals surface area (Å²) in [5.41, 5.74) is 1.03. The first kappa shape index (κ1) is 17.4. The zero-order valence-corrected chi connectivity index (χ0v) is 14.4. The molecule has 0 aromatic carbocycles. The van der Waals surface area contributed by atoms with Crippen LogP contribution in [0, 0.1) is 11.3 Å². The van der Waals surface area contributed by atoms with Crippen molar-refractivity contribution in [3.05, 3.63) is 71.5 Å². The summed E-state index contributed by atoms with van der Waals surface area (Å²) in [5, 5.41) is 8.95. The van der Waals surface area contributed by atoms with Crippen LogP contribution in [0.4, 0.5) is 0 Å². The SMILES string of the molecule is C=C(/C=C\C(=C)Oc1nc(-c2cncc(C#N)c2)ncc1Br)OC. The molecule has 24 heavy (non-hydrogen) atoms. The highest BCUT2D eigenvalue weighted by molar-refractivity contribution is 9.10. The molecular weight excluding hydrogens is 372 g/mol. The molecule has 2 rings (SSSR count). The summed E-state index contributed by atoms with van der Waals surface area (Å²) in [5.74, 6) is 1.50. The molecule has 0 spiro atoms. The van der Waals surface area contributed by atoms with E-state index in [0.717, 1.165) is 0 Å². The van der Waals surface area contributed by atoms with Gasteiger partial charge in [-0.15, -0.1) is 0 Å². The monoisotopic (exact) mass is 384 g/mol. The number of nitriles is 1. The van der Waals surface area contributed by atoms with E-state index in [4.69, 9.17) is 14.7 Å². The Morgan fingerprint density at radius 3 is 2.71 bits per heavy atom. The third kappa shape index (κ3) is 4.51. The van der Waals surface area contributed by atoms with Gasteiger partial charge in [-0.1, -0.05) is 13.2 Å². The van der Waals surface area contributed by atoms with Gasteiger partial charge in [0, 0.05) is 24.2 Å². The van der Waals surface area contributed by atoms with Crippen LogP contribution in [0.2, 0.25) is 0 Å². The first-order valence-corrected chi connectivity index (χ1v) is 7.48. The summed E-state index contributed by atoms with van der Waals surface area (Å²) in [4.78, 5) is 12.5. The molecule has 120 valence electrons. The highest BCUT2D eigenvalue weighted by Crippen LogP contribution is 2.26. The second-order valence-corrected chi connectivity index (χ2v) is 5.35. The van der Waals surface area contributed by atoms with Gasteiger partial charge in [0.2, 0.25) is 5.88 Å². The van der Waals surface area contributed by atoms with Gasteiger partial charge in [-0.05, 0) is 34.1 Å². The number of nitrogens with zero attached hydrogens (tertiary/aromatic N) is 4. The van der Waals surface area contributed by atoms with Crippen LogP contribution < -0.4 is 4.74 Å². The number of aromatic nitrogens is 3. The van der Waals surface area contributed by atoms with Crippen molar-refractivity contribution in [1.82, 2.24) is 15.0 Å². The summed E-state index contributed by atoms with van der Waals surface area (Å²) >= 11 is 3.33. The Balaban J connectivity index is 2.26. The Morgan fingerprint density at radius 1 is 1.25 bits per heavy atom. The van der Waals surface area contributed by atoms with Crippen LogP contribution in [-0.2, 0) is 4.74 Å². The maximum atomic E-state index is 8.95. The Hall–Kier alpha value is -2.98. The van der Waals surface area contributed by atoms with E-state index in [0.29, 0.717) is 38.8 Å². The van der Waals surface area contributed by atoms with Crippen LogP contribution in [0.3, 0.4) is 0 Å². The molecule has 0 aliphatic carbocycles. The fraction of sp³-hybridized carbons (Fsp3) is 0.0588. The minimum atomic E-state index is 0.292. The fourth-order valence-electron chi connectivity index (χ4n) is 1.60. The molecule has 2 aromatic heterocycles. The fourth-order valence-corrected chi connectivity index (χ4v) is 1.87. The molecule has 0 radical (unpaired) electrons. The number of halogens is 1. The highest BCUT2D eigenvalue weighted by Gasteiger charge is 2.10. The van der Waals surface area contributed by atoms with Crippen LogP contribution in [0.5, 0.6) is 5.88 Å². The minimum absolute atomic E-state index is 0.292. The van der Waals surface area contributed by atoms with E-state index in [1.165, 1.54) is 13.3 Å². The van der Waals surface area contributed by atoms with E-state index >= 15 is 0 Å². The summed E-state index contributed by atoms with van der Waals surface area (Å²) in [7, 11) is 1.52. The first-order chi connectivity index (χ1) is 11.5. The lowest BCUT2D eigenvalue weighted by Gasteiger charge is -2.08. The number of allylic oxidation sites excluding steroid dienone is 2. The molecule has 0 N–H and O–H groups in total. The van der Waals surface area contributed by atoms with Gasteiger partial charge in [0.1, 0.15) is 17.6 Å². The quantitative estimate of drug-likeness (QED) is 0.556. The van der Waals surface area contributed by atoms with Gasteiger partial charge in [-0.3, -0.25) is 4.98 Å². The van der Waals surface area contributed by atoms with E-state index in [-0.39, 0.29) is 0 Å².